The number of hydrogen-bond donors (Lipinski definition) is 0. The molecule has 54 heavy (non-hydrogen) atoms. The minimum Gasteiger partial charge on any atom is -0.456 e. The summed E-state index contributed by atoms with van der Waals surface area (Å²) in [5, 5.41) is 2.18. The minimum atomic E-state index is 0.609. The van der Waals surface area contributed by atoms with E-state index >= 15 is 0 Å². The van der Waals surface area contributed by atoms with Crippen molar-refractivity contribution in [2.24, 2.45) is 0 Å². The number of fused-ring (bicyclic) bond motifs is 3. The molecule has 0 bridgehead atoms. The van der Waals surface area contributed by atoms with Gasteiger partial charge in [0.05, 0.1) is 11.1 Å². The molecule has 0 unspecified atom stereocenters. The summed E-state index contributed by atoms with van der Waals surface area (Å²) in [7, 11) is 6.48. The molecule has 0 spiro atoms. The standard InChI is InChI=1S/C49H38B3NO/c1-2-40(50)46(35-22-10-5-11-23-35)49(52)41(51)32-53(43-29-17-31-45-48(43)39-26-14-15-30-44(39)54-45)42-28-16-27-37(34-20-8-4-9-21-34)47(42)38-25-13-12-24-36(38)33-18-6-3-7-19-33/h1,3-31H,32,50-52H2/b46-40+,49-41-. The first-order valence-corrected chi connectivity index (χ1v) is 18.4. The lowest BCUT2D eigenvalue weighted by molar-refractivity contribution is 0.669. The van der Waals surface area contributed by atoms with Gasteiger partial charge in [-0.25, -0.2) is 0 Å². The van der Waals surface area contributed by atoms with Crippen molar-refractivity contribution in [3.63, 3.8) is 0 Å². The van der Waals surface area contributed by atoms with Gasteiger partial charge in [0.15, 0.2) is 7.85 Å². The van der Waals surface area contributed by atoms with E-state index in [-0.39, 0.29) is 0 Å². The third kappa shape index (κ3) is 6.49. The van der Waals surface area contributed by atoms with Crippen LogP contribution in [0, 0.1) is 12.3 Å². The maximum Gasteiger partial charge on any atom is 0.151 e. The highest BCUT2D eigenvalue weighted by Gasteiger charge is 2.25. The number of furan rings is 1. The average Bonchev–Trinajstić information content (AvgIpc) is 3.63. The smallest absolute Gasteiger partial charge is 0.151 e. The molecule has 0 aliphatic heterocycles. The molecule has 0 atom stereocenters. The van der Waals surface area contributed by atoms with Gasteiger partial charge in [-0.1, -0.05) is 169 Å². The van der Waals surface area contributed by atoms with E-state index in [9.17, 15) is 0 Å². The number of para-hydroxylation sites is 1. The van der Waals surface area contributed by atoms with Crippen LogP contribution < -0.4 is 4.90 Å². The van der Waals surface area contributed by atoms with Gasteiger partial charge in [0.1, 0.15) is 26.9 Å². The predicted molar refractivity (Wildman–Crippen MR) is 238 cm³/mol. The number of terminal acetylenes is 1. The Kier molecular flexibility index (Phi) is 9.67. The molecule has 0 amide bonds. The van der Waals surface area contributed by atoms with Crippen molar-refractivity contribution in [2.75, 3.05) is 11.4 Å². The normalized spacial score (nSPS) is 12.2. The average molecular weight is 689 g/mol. The van der Waals surface area contributed by atoms with E-state index in [1.54, 1.807) is 0 Å². The van der Waals surface area contributed by atoms with Gasteiger partial charge in [0.2, 0.25) is 0 Å². The molecule has 1 heterocycles. The molecule has 254 valence electrons. The Bertz CT molecular complexity index is 2720. The van der Waals surface area contributed by atoms with Crippen LogP contribution in [-0.4, -0.2) is 30.1 Å². The van der Waals surface area contributed by atoms with E-state index in [2.05, 4.69) is 190 Å². The van der Waals surface area contributed by atoms with Crippen molar-refractivity contribution in [1.82, 2.24) is 0 Å². The molecular weight excluding hydrogens is 651 g/mol. The Morgan fingerprint density at radius 1 is 0.537 bits per heavy atom. The van der Waals surface area contributed by atoms with Crippen molar-refractivity contribution in [3.05, 3.63) is 198 Å². The quantitative estimate of drug-likeness (QED) is 0.0853. The summed E-state index contributed by atoms with van der Waals surface area (Å²) in [5.74, 6) is 2.95. The van der Waals surface area contributed by atoms with E-state index in [4.69, 9.17) is 10.8 Å². The van der Waals surface area contributed by atoms with E-state index < -0.39 is 0 Å². The molecule has 0 aliphatic rings. The summed E-state index contributed by atoms with van der Waals surface area (Å²) in [6, 6.07) is 62.1. The number of anilines is 2. The third-order valence-corrected chi connectivity index (χ3v) is 10.4. The molecule has 0 radical (unpaired) electrons. The maximum absolute atomic E-state index is 6.49. The summed E-state index contributed by atoms with van der Waals surface area (Å²) in [5.41, 5.74) is 16.4. The maximum atomic E-state index is 6.49. The lowest BCUT2D eigenvalue weighted by Gasteiger charge is -2.31. The number of nitrogens with zero attached hydrogens (tertiary/aromatic N) is 1. The highest BCUT2D eigenvalue weighted by Crippen LogP contribution is 2.48. The first-order valence-electron chi connectivity index (χ1n) is 18.4. The van der Waals surface area contributed by atoms with Gasteiger partial charge >= 0.3 is 0 Å². The second-order valence-electron chi connectivity index (χ2n) is 13.7. The molecule has 0 fully saturated rings. The van der Waals surface area contributed by atoms with Crippen LogP contribution >= 0.6 is 0 Å². The molecular formula is C49H38B3NO. The van der Waals surface area contributed by atoms with E-state index in [0.717, 1.165) is 72.1 Å². The van der Waals surface area contributed by atoms with Crippen molar-refractivity contribution in [3.8, 4) is 45.7 Å². The Morgan fingerprint density at radius 3 is 1.78 bits per heavy atom. The number of rotatable bonds is 9. The van der Waals surface area contributed by atoms with Crippen LogP contribution in [0.2, 0.25) is 0 Å². The fraction of sp³-hybridized carbons (Fsp3) is 0.0204. The second kappa shape index (κ2) is 15.2. The van der Waals surface area contributed by atoms with Crippen molar-refractivity contribution < 1.29 is 4.42 Å². The van der Waals surface area contributed by atoms with Crippen molar-refractivity contribution in [2.45, 2.75) is 0 Å². The van der Waals surface area contributed by atoms with Gasteiger partial charge in [-0.05, 0) is 68.7 Å². The van der Waals surface area contributed by atoms with Crippen LogP contribution in [0.25, 0.3) is 60.9 Å². The fourth-order valence-electron chi connectivity index (χ4n) is 7.72. The molecule has 0 saturated heterocycles. The number of hydrogen-bond acceptors (Lipinski definition) is 2. The summed E-state index contributed by atoms with van der Waals surface area (Å²) in [6.07, 6.45) is 6.10. The van der Waals surface area contributed by atoms with Gasteiger partial charge in [-0.15, -0.1) is 6.42 Å². The predicted octanol–water partition coefficient (Wildman–Crippen LogP) is 9.88. The van der Waals surface area contributed by atoms with Crippen LogP contribution in [0.5, 0.6) is 0 Å². The van der Waals surface area contributed by atoms with Crippen LogP contribution in [-0.2, 0) is 0 Å². The molecule has 0 saturated carbocycles. The monoisotopic (exact) mass is 689 g/mol. The molecule has 0 aliphatic carbocycles. The largest absolute Gasteiger partial charge is 0.456 e. The molecule has 8 rings (SSSR count). The van der Waals surface area contributed by atoms with Gasteiger partial charge in [0, 0.05) is 23.2 Å². The lowest BCUT2D eigenvalue weighted by Crippen LogP contribution is -2.23. The molecule has 7 aromatic carbocycles. The summed E-state index contributed by atoms with van der Waals surface area (Å²) in [4.78, 5) is 2.49. The zero-order chi connectivity index (χ0) is 37.0. The summed E-state index contributed by atoms with van der Waals surface area (Å²) >= 11 is 0. The Morgan fingerprint density at radius 2 is 1.07 bits per heavy atom. The highest BCUT2D eigenvalue weighted by molar-refractivity contribution is 6.41. The number of benzene rings is 7. The SMILES string of the molecule is B/C(CN(c1cccc(-c2ccccc2)c1-c1ccccc1-c1ccccc1)c1cccc2oc3ccccc3c12)=C(B)/C(=C(/B)C#C)c1ccccc1. The van der Waals surface area contributed by atoms with Gasteiger partial charge in [0.25, 0.3) is 0 Å². The van der Waals surface area contributed by atoms with Crippen LogP contribution in [0.4, 0.5) is 11.4 Å². The van der Waals surface area contributed by atoms with Crippen molar-refractivity contribution >= 4 is 62.4 Å². The third-order valence-electron chi connectivity index (χ3n) is 10.4. The molecule has 0 N–H and O–H groups in total. The lowest BCUT2D eigenvalue weighted by atomic mass is 9.70. The Hall–Kier alpha value is -6.63. The second-order valence-corrected chi connectivity index (χ2v) is 13.7. The van der Waals surface area contributed by atoms with Gasteiger partial charge in [-0.3, -0.25) is 0 Å². The first kappa shape index (κ1) is 34.5. The molecule has 2 nitrogen and oxygen atoms in total. The molecule has 8 aromatic rings. The first-order chi connectivity index (χ1) is 26.5. The Labute approximate surface area is 320 Å². The van der Waals surface area contributed by atoms with E-state index in [1.807, 2.05) is 20.0 Å². The topological polar surface area (TPSA) is 16.4 Å². The van der Waals surface area contributed by atoms with Crippen LogP contribution in [0.1, 0.15) is 5.56 Å². The van der Waals surface area contributed by atoms with Gasteiger partial charge in [-0.2, -0.15) is 0 Å². The fourth-order valence-corrected chi connectivity index (χ4v) is 7.72. The highest BCUT2D eigenvalue weighted by atomic mass is 16.3. The molecule has 5 heteroatoms. The summed E-state index contributed by atoms with van der Waals surface area (Å²) in [6.45, 7) is 0.609. The number of allylic oxidation sites excluding steroid dienone is 3. The van der Waals surface area contributed by atoms with Crippen LogP contribution in [0.15, 0.2) is 197 Å². The van der Waals surface area contributed by atoms with Crippen LogP contribution in [0.3, 0.4) is 0 Å². The minimum absolute atomic E-state index is 0.609. The molecule has 1 aromatic heterocycles. The Balaban J connectivity index is 1.44. The van der Waals surface area contributed by atoms with E-state index in [0.29, 0.717) is 6.54 Å². The van der Waals surface area contributed by atoms with E-state index in [1.165, 1.54) is 22.2 Å². The zero-order valence-electron chi connectivity index (χ0n) is 30.9. The zero-order valence-corrected chi connectivity index (χ0v) is 30.9. The van der Waals surface area contributed by atoms with Gasteiger partial charge < -0.3 is 9.32 Å². The summed E-state index contributed by atoms with van der Waals surface area (Å²) < 4.78 is 6.49. The van der Waals surface area contributed by atoms with Crippen molar-refractivity contribution in [1.29, 1.82) is 0 Å².